The number of phenols is 2. The number of hydrogen-bond donors (Lipinski definition) is 2. The van der Waals surface area contributed by atoms with Gasteiger partial charge < -0.3 is 14.9 Å². The van der Waals surface area contributed by atoms with Gasteiger partial charge in [-0.05, 0) is 46.1 Å². The van der Waals surface area contributed by atoms with E-state index in [1.54, 1.807) is 0 Å². The average molecular weight is 392 g/mol. The van der Waals surface area contributed by atoms with Crippen LogP contribution in [0.25, 0.3) is 0 Å². The number of benzene rings is 2. The average Bonchev–Trinajstić information content (AvgIpc) is 2.67. The first-order valence-electron chi connectivity index (χ1n) is 9.90. The first-order valence-corrected chi connectivity index (χ1v) is 9.90. The molecule has 1 unspecified atom stereocenters. The number of hydrogen-bond acceptors (Lipinski definition) is 4. The normalized spacial score (nSPS) is 15.3. The van der Waals surface area contributed by atoms with Gasteiger partial charge in [0, 0.05) is 11.1 Å². The third-order valence-electron chi connectivity index (χ3n) is 5.11. The van der Waals surface area contributed by atoms with Crippen LogP contribution in [0, 0.1) is 0 Å². The number of ketones is 1. The topological polar surface area (TPSA) is 66.8 Å². The van der Waals surface area contributed by atoms with Crippen molar-refractivity contribution in [3.05, 3.63) is 75.9 Å². The molecule has 0 bridgehead atoms. The second-order valence-corrected chi connectivity index (χ2v) is 7.97. The molecule has 4 heteroatoms. The molecule has 1 atom stereocenters. The lowest BCUT2D eigenvalue weighted by Gasteiger charge is -2.29. The first-order chi connectivity index (χ1) is 13.8. The van der Waals surface area contributed by atoms with Gasteiger partial charge in [0.25, 0.3) is 0 Å². The Morgan fingerprint density at radius 3 is 2.14 bits per heavy atom. The highest BCUT2D eigenvalue weighted by atomic mass is 16.5. The van der Waals surface area contributed by atoms with Crippen LogP contribution in [0.3, 0.4) is 0 Å². The van der Waals surface area contributed by atoms with E-state index in [4.69, 9.17) is 4.74 Å². The molecule has 1 heterocycles. The zero-order valence-electron chi connectivity index (χ0n) is 17.5. The van der Waals surface area contributed by atoms with Gasteiger partial charge >= 0.3 is 0 Å². The Labute approximate surface area is 172 Å². The van der Waals surface area contributed by atoms with Crippen LogP contribution in [0.2, 0.25) is 0 Å². The van der Waals surface area contributed by atoms with Crippen LogP contribution in [0.15, 0.2) is 53.6 Å². The summed E-state index contributed by atoms with van der Waals surface area (Å²) in [5, 5.41) is 21.8. The Morgan fingerprint density at radius 2 is 1.55 bits per heavy atom. The summed E-state index contributed by atoms with van der Waals surface area (Å²) >= 11 is 0. The summed E-state index contributed by atoms with van der Waals surface area (Å²) in [6, 6.07) is 9.55. The van der Waals surface area contributed by atoms with Crippen LogP contribution in [-0.2, 0) is 12.8 Å². The maximum atomic E-state index is 13.0. The largest absolute Gasteiger partial charge is 0.507 e. The third kappa shape index (κ3) is 4.37. The molecule has 0 radical (unpaired) electrons. The highest BCUT2D eigenvalue weighted by Crippen LogP contribution is 2.48. The minimum Gasteiger partial charge on any atom is -0.507 e. The zero-order valence-corrected chi connectivity index (χ0v) is 17.5. The van der Waals surface area contributed by atoms with Crippen molar-refractivity contribution in [3.8, 4) is 17.2 Å². The molecule has 0 fully saturated rings. The SMILES string of the molecule is CC(C)=CCc1c(O)c(CC=C(C)C)c2c(c1O)C(=O)CC(c1ccccc1)O2. The minimum absolute atomic E-state index is 0.00207. The highest BCUT2D eigenvalue weighted by molar-refractivity contribution is 6.04. The predicted molar refractivity (Wildman–Crippen MR) is 115 cm³/mol. The van der Waals surface area contributed by atoms with E-state index in [0.29, 0.717) is 29.7 Å². The molecule has 0 spiro atoms. The van der Waals surface area contributed by atoms with Crippen molar-refractivity contribution in [2.24, 2.45) is 0 Å². The summed E-state index contributed by atoms with van der Waals surface area (Å²) in [5.74, 6) is -0.0525. The van der Waals surface area contributed by atoms with Crippen molar-refractivity contribution in [2.45, 2.75) is 53.1 Å². The molecule has 2 N–H and O–H groups in total. The van der Waals surface area contributed by atoms with E-state index in [-0.39, 0.29) is 29.3 Å². The molecule has 2 aromatic carbocycles. The maximum absolute atomic E-state index is 13.0. The molecular formula is C25H28O4. The van der Waals surface area contributed by atoms with Crippen molar-refractivity contribution in [1.29, 1.82) is 0 Å². The van der Waals surface area contributed by atoms with Gasteiger partial charge in [-0.2, -0.15) is 0 Å². The quantitative estimate of drug-likeness (QED) is 0.629. The number of rotatable bonds is 5. The summed E-state index contributed by atoms with van der Waals surface area (Å²) in [6.07, 6.45) is 4.39. The number of allylic oxidation sites excluding steroid dienone is 4. The number of fused-ring (bicyclic) bond motifs is 1. The van der Waals surface area contributed by atoms with Crippen LogP contribution < -0.4 is 4.74 Å². The van der Waals surface area contributed by atoms with Crippen LogP contribution in [0.4, 0.5) is 0 Å². The number of Topliss-reactive ketones (excluding diaryl/α,β-unsaturated/α-hetero) is 1. The summed E-state index contributed by atoms with van der Waals surface area (Å²) in [4.78, 5) is 13.0. The number of carbonyl (C=O) groups excluding carboxylic acids is 1. The summed E-state index contributed by atoms with van der Waals surface area (Å²) in [7, 11) is 0. The molecule has 0 aromatic heterocycles. The monoisotopic (exact) mass is 392 g/mol. The van der Waals surface area contributed by atoms with Gasteiger partial charge in [-0.3, -0.25) is 4.79 Å². The van der Waals surface area contributed by atoms with E-state index in [9.17, 15) is 15.0 Å². The Bertz CT molecular complexity index is 976. The van der Waals surface area contributed by atoms with Crippen molar-refractivity contribution in [2.75, 3.05) is 0 Å². The number of ether oxygens (including phenoxy) is 1. The molecule has 4 nitrogen and oxygen atoms in total. The number of phenolic OH excluding ortho intramolecular Hbond substituents is 2. The fourth-order valence-corrected chi connectivity index (χ4v) is 3.50. The second-order valence-electron chi connectivity index (χ2n) is 7.97. The van der Waals surface area contributed by atoms with Gasteiger partial charge in [0.05, 0.1) is 6.42 Å². The molecule has 1 aliphatic heterocycles. The van der Waals surface area contributed by atoms with E-state index in [1.165, 1.54) is 0 Å². The molecule has 0 amide bonds. The zero-order chi connectivity index (χ0) is 21.1. The minimum atomic E-state index is -0.441. The van der Waals surface area contributed by atoms with Crippen molar-refractivity contribution < 1.29 is 19.7 Å². The van der Waals surface area contributed by atoms with E-state index in [0.717, 1.165) is 16.7 Å². The van der Waals surface area contributed by atoms with E-state index in [1.807, 2.05) is 70.2 Å². The fourth-order valence-electron chi connectivity index (χ4n) is 3.50. The van der Waals surface area contributed by atoms with Gasteiger partial charge in [-0.25, -0.2) is 0 Å². The lowest BCUT2D eigenvalue weighted by atomic mass is 9.89. The first kappa shape index (κ1) is 20.7. The Hall–Kier alpha value is -3.01. The van der Waals surface area contributed by atoms with Gasteiger partial charge in [-0.15, -0.1) is 0 Å². The summed E-state index contributed by atoms with van der Waals surface area (Å²) < 4.78 is 6.21. The van der Waals surface area contributed by atoms with Crippen LogP contribution in [0.1, 0.15) is 67.3 Å². The Balaban J connectivity index is 2.17. The highest BCUT2D eigenvalue weighted by Gasteiger charge is 2.35. The van der Waals surface area contributed by atoms with Crippen LogP contribution in [-0.4, -0.2) is 16.0 Å². The molecular weight excluding hydrogens is 364 g/mol. The predicted octanol–water partition coefficient (Wildman–Crippen LogP) is 5.82. The van der Waals surface area contributed by atoms with Crippen molar-refractivity contribution in [1.82, 2.24) is 0 Å². The maximum Gasteiger partial charge on any atom is 0.174 e. The summed E-state index contributed by atoms with van der Waals surface area (Å²) in [5.41, 5.74) is 4.16. The molecule has 1 aliphatic rings. The number of aromatic hydroxyl groups is 2. The van der Waals surface area contributed by atoms with E-state index in [2.05, 4.69) is 0 Å². The Kier molecular flexibility index (Phi) is 6.12. The fraction of sp³-hybridized carbons (Fsp3) is 0.320. The van der Waals surface area contributed by atoms with E-state index >= 15 is 0 Å². The number of carbonyl (C=O) groups is 1. The lowest BCUT2D eigenvalue weighted by molar-refractivity contribution is 0.0842. The molecule has 29 heavy (non-hydrogen) atoms. The standard InChI is InChI=1S/C25H28O4/c1-15(2)10-12-18-23(27)19(13-11-16(3)4)25-22(24(18)28)20(26)14-21(29-25)17-8-6-5-7-9-17/h5-11,21,27-28H,12-14H2,1-4H3. The van der Waals surface area contributed by atoms with Crippen LogP contribution in [0.5, 0.6) is 17.2 Å². The summed E-state index contributed by atoms with van der Waals surface area (Å²) in [6.45, 7) is 7.87. The van der Waals surface area contributed by atoms with Gasteiger partial charge in [0.2, 0.25) is 0 Å². The molecule has 152 valence electrons. The third-order valence-corrected chi connectivity index (χ3v) is 5.11. The van der Waals surface area contributed by atoms with Gasteiger partial charge in [0.1, 0.15) is 28.9 Å². The van der Waals surface area contributed by atoms with Crippen molar-refractivity contribution in [3.63, 3.8) is 0 Å². The molecule has 0 saturated heterocycles. The van der Waals surface area contributed by atoms with Crippen LogP contribution >= 0.6 is 0 Å². The van der Waals surface area contributed by atoms with Crippen molar-refractivity contribution >= 4 is 5.78 Å². The van der Waals surface area contributed by atoms with Gasteiger partial charge in [-0.1, -0.05) is 53.6 Å². The molecule has 3 rings (SSSR count). The Morgan fingerprint density at radius 1 is 0.966 bits per heavy atom. The molecule has 2 aromatic rings. The molecule has 0 saturated carbocycles. The molecule has 0 aliphatic carbocycles. The lowest BCUT2D eigenvalue weighted by Crippen LogP contribution is -2.22. The van der Waals surface area contributed by atoms with Gasteiger partial charge in [0.15, 0.2) is 5.78 Å². The van der Waals surface area contributed by atoms with E-state index < -0.39 is 6.10 Å². The second kappa shape index (κ2) is 8.56. The smallest absolute Gasteiger partial charge is 0.174 e.